The first-order valence-corrected chi connectivity index (χ1v) is 7.13. The summed E-state index contributed by atoms with van der Waals surface area (Å²) in [7, 11) is 0. The van der Waals surface area contributed by atoms with Crippen LogP contribution in [0.25, 0.3) is 10.9 Å². The summed E-state index contributed by atoms with van der Waals surface area (Å²) in [4.78, 5) is 4.66. The Hall–Kier alpha value is -1.77. The molecule has 0 saturated heterocycles. The number of fused-ring (bicyclic) bond motifs is 1. The van der Waals surface area contributed by atoms with E-state index in [1.165, 1.54) is 25.7 Å². The first kappa shape index (κ1) is 12.3. The zero-order valence-electron chi connectivity index (χ0n) is 11.4. The normalized spacial score (nSPS) is 23.4. The Morgan fingerprint density at radius 3 is 2.68 bits per heavy atom. The third kappa shape index (κ3) is 2.80. The lowest BCUT2D eigenvalue weighted by Crippen LogP contribution is -2.25. The SMILES string of the molecule is CC1CCC(Nc2ccc3cc(N)ccc3n2)CC1. The van der Waals surface area contributed by atoms with Gasteiger partial charge in [0, 0.05) is 17.1 Å². The molecule has 3 heteroatoms. The number of nitrogens with zero attached hydrogens (tertiary/aromatic N) is 1. The van der Waals surface area contributed by atoms with Crippen LogP contribution in [0, 0.1) is 5.92 Å². The Morgan fingerprint density at radius 1 is 1.11 bits per heavy atom. The second-order valence-corrected chi connectivity index (χ2v) is 5.75. The van der Waals surface area contributed by atoms with Crippen LogP contribution >= 0.6 is 0 Å². The van der Waals surface area contributed by atoms with Crippen LogP contribution in [0.5, 0.6) is 0 Å². The summed E-state index contributed by atoms with van der Waals surface area (Å²) in [5.41, 5.74) is 7.57. The van der Waals surface area contributed by atoms with Crippen LogP contribution < -0.4 is 11.1 Å². The van der Waals surface area contributed by atoms with E-state index in [2.05, 4.69) is 29.4 Å². The maximum atomic E-state index is 5.78. The Labute approximate surface area is 114 Å². The highest BCUT2D eigenvalue weighted by Crippen LogP contribution is 2.26. The van der Waals surface area contributed by atoms with Gasteiger partial charge in [-0.2, -0.15) is 0 Å². The molecule has 3 rings (SSSR count). The zero-order chi connectivity index (χ0) is 13.2. The molecule has 0 radical (unpaired) electrons. The quantitative estimate of drug-likeness (QED) is 0.802. The molecule has 3 nitrogen and oxygen atoms in total. The van der Waals surface area contributed by atoms with Gasteiger partial charge in [0.25, 0.3) is 0 Å². The molecule has 0 aliphatic heterocycles. The van der Waals surface area contributed by atoms with Crippen LogP contribution in [0.1, 0.15) is 32.6 Å². The maximum absolute atomic E-state index is 5.78. The highest BCUT2D eigenvalue weighted by atomic mass is 15.0. The van der Waals surface area contributed by atoms with Crippen molar-refractivity contribution in [1.29, 1.82) is 0 Å². The van der Waals surface area contributed by atoms with Gasteiger partial charge in [-0.3, -0.25) is 0 Å². The predicted molar refractivity (Wildman–Crippen MR) is 81.2 cm³/mol. The average Bonchev–Trinajstić information content (AvgIpc) is 2.42. The summed E-state index contributed by atoms with van der Waals surface area (Å²) in [5, 5.41) is 4.67. The van der Waals surface area contributed by atoms with Gasteiger partial charge in [-0.15, -0.1) is 0 Å². The minimum atomic E-state index is 0.579. The highest BCUT2D eigenvalue weighted by molar-refractivity contribution is 5.83. The Bertz CT molecular complexity index is 571. The van der Waals surface area contributed by atoms with Gasteiger partial charge in [0.2, 0.25) is 0 Å². The Morgan fingerprint density at radius 2 is 1.89 bits per heavy atom. The van der Waals surface area contributed by atoms with Gasteiger partial charge in [0.1, 0.15) is 5.82 Å². The molecule has 1 aliphatic rings. The topological polar surface area (TPSA) is 50.9 Å². The van der Waals surface area contributed by atoms with Crippen molar-refractivity contribution in [1.82, 2.24) is 4.98 Å². The summed E-state index contributed by atoms with van der Waals surface area (Å²) in [6.07, 6.45) is 5.15. The highest BCUT2D eigenvalue weighted by Gasteiger charge is 2.18. The lowest BCUT2D eigenvalue weighted by Gasteiger charge is -2.27. The molecule has 1 fully saturated rings. The van der Waals surface area contributed by atoms with Crippen molar-refractivity contribution < 1.29 is 0 Å². The van der Waals surface area contributed by atoms with Crippen LogP contribution in [0.3, 0.4) is 0 Å². The van der Waals surface area contributed by atoms with Gasteiger partial charge >= 0.3 is 0 Å². The molecule has 0 amide bonds. The van der Waals surface area contributed by atoms with E-state index in [4.69, 9.17) is 5.73 Å². The lowest BCUT2D eigenvalue weighted by molar-refractivity contribution is 0.361. The minimum Gasteiger partial charge on any atom is -0.399 e. The van der Waals surface area contributed by atoms with Gasteiger partial charge in [-0.05, 0) is 61.9 Å². The fourth-order valence-corrected chi connectivity index (χ4v) is 2.84. The number of pyridine rings is 1. The van der Waals surface area contributed by atoms with Crippen molar-refractivity contribution in [3.8, 4) is 0 Å². The number of nitrogen functional groups attached to an aromatic ring is 1. The molecule has 100 valence electrons. The fourth-order valence-electron chi connectivity index (χ4n) is 2.84. The molecule has 0 spiro atoms. The standard InChI is InChI=1S/C16H21N3/c1-11-2-6-14(7-3-11)18-16-9-4-12-10-13(17)5-8-15(12)19-16/h4-5,8-11,14H,2-3,6-7,17H2,1H3,(H,18,19). The first-order valence-electron chi connectivity index (χ1n) is 7.13. The third-order valence-corrected chi connectivity index (χ3v) is 4.08. The molecule has 1 aliphatic carbocycles. The summed E-state index contributed by atoms with van der Waals surface area (Å²) >= 11 is 0. The molecule has 1 saturated carbocycles. The summed E-state index contributed by atoms with van der Waals surface area (Å²) in [6.45, 7) is 2.34. The van der Waals surface area contributed by atoms with Crippen molar-refractivity contribution in [2.24, 2.45) is 5.92 Å². The van der Waals surface area contributed by atoms with E-state index >= 15 is 0 Å². The van der Waals surface area contributed by atoms with E-state index in [9.17, 15) is 0 Å². The average molecular weight is 255 g/mol. The second kappa shape index (κ2) is 5.08. The third-order valence-electron chi connectivity index (χ3n) is 4.08. The van der Waals surface area contributed by atoms with E-state index < -0.39 is 0 Å². The Balaban J connectivity index is 1.76. The number of hydrogen-bond donors (Lipinski definition) is 2. The van der Waals surface area contributed by atoms with Crippen molar-refractivity contribution in [2.75, 3.05) is 11.1 Å². The van der Waals surface area contributed by atoms with Gasteiger partial charge in [0.15, 0.2) is 0 Å². The summed E-state index contributed by atoms with van der Waals surface area (Å²) in [6, 6.07) is 10.6. The lowest BCUT2D eigenvalue weighted by atomic mass is 9.87. The molecule has 0 unspecified atom stereocenters. The molecule has 0 atom stereocenters. The van der Waals surface area contributed by atoms with E-state index in [-0.39, 0.29) is 0 Å². The molecule has 3 N–H and O–H groups in total. The number of rotatable bonds is 2. The summed E-state index contributed by atoms with van der Waals surface area (Å²) < 4.78 is 0. The predicted octanol–water partition coefficient (Wildman–Crippen LogP) is 3.81. The number of nitrogens with one attached hydrogen (secondary N) is 1. The number of hydrogen-bond acceptors (Lipinski definition) is 3. The molecule has 1 aromatic heterocycles. The van der Waals surface area contributed by atoms with Crippen molar-refractivity contribution >= 4 is 22.4 Å². The number of nitrogens with two attached hydrogens (primary N) is 1. The van der Waals surface area contributed by atoms with Crippen LogP contribution in [0.2, 0.25) is 0 Å². The molecule has 1 heterocycles. The van der Waals surface area contributed by atoms with Gasteiger partial charge in [0.05, 0.1) is 5.52 Å². The number of aromatic nitrogens is 1. The minimum absolute atomic E-state index is 0.579. The van der Waals surface area contributed by atoms with Gasteiger partial charge in [-0.1, -0.05) is 6.92 Å². The monoisotopic (exact) mass is 255 g/mol. The van der Waals surface area contributed by atoms with Crippen LogP contribution in [-0.4, -0.2) is 11.0 Å². The maximum Gasteiger partial charge on any atom is 0.126 e. The smallest absolute Gasteiger partial charge is 0.126 e. The number of benzene rings is 1. The molecule has 2 aromatic rings. The van der Waals surface area contributed by atoms with Crippen LogP contribution in [0.15, 0.2) is 30.3 Å². The molecule has 1 aromatic carbocycles. The van der Waals surface area contributed by atoms with Crippen molar-refractivity contribution in [3.63, 3.8) is 0 Å². The zero-order valence-corrected chi connectivity index (χ0v) is 11.4. The van der Waals surface area contributed by atoms with E-state index in [0.717, 1.165) is 28.3 Å². The number of anilines is 2. The van der Waals surface area contributed by atoms with E-state index in [1.807, 2.05) is 18.2 Å². The summed E-state index contributed by atoms with van der Waals surface area (Å²) in [5.74, 6) is 1.86. The molecule has 0 bridgehead atoms. The van der Waals surface area contributed by atoms with E-state index in [1.54, 1.807) is 0 Å². The van der Waals surface area contributed by atoms with Crippen LogP contribution in [0.4, 0.5) is 11.5 Å². The molecule has 19 heavy (non-hydrogen) atoms. The van der Waals surface area contributed by atoms with Gasteiger partial charge < -0.3 is 11.1 Å². The fraction of sp³-hybridized carbons (Fsp3) is 0.438. The first-order chi connectivity index (χ1) is 9.20. The van der Waals surface area contributed by atoms with Gasteiger partial charge in [-0.25, -0.2) is 4.98 Å². The molecular formula is C16H21N3. The molecular weight excluding hydrogens is 234 g/mol. The van der Waals surface area contributed by atoms with E-state index in [0.29, 0.717) is 6.04 Å². The second-order valence-electron chi connectivity index (χ2n) is 5.75. The largest absolute Gasteiger partial charge is 0.399 e. The van der Waals surface area contributed by atoms with Crippen molar-refractivity contribution in [2.45, 2.75) is 38.6 Å². The van der Waals surface area contributed by atoms with Crippen molar-refractivity contribution in [3.05, 3.63) is 30.3 Å². The van der Waals surface area contributed by atoms with Crippen LogP contribution in [-0.2, 0) is 0 Å². The Kier molecular flexibility index (Phi) is 3.28.